The van der Waals surface area contributed by atoms with Crippen LogP contribution in [0.1, 0.15) is 78.0 Å². The van der Waals surface area contributed by atoms with Crippen molar-refractivity contribution in [2.24, 2.45) is 0 Å². The molecule has 0 aliphatic carbocycles. The molecule has 2 aliphatic heterocycles. The van der Waals surface area contributed by atoms with Crippen LogP contribution in [0.2, 0.25) is 0 Å². The number of hydrogen-bond donors (Lipinski definition) is 0. The number of nitrogens with zero attached hydrogens (tertiary/aromatic N) is 4. The fourth-order valence-corrected chi connectivity index (χ4v) is 16.3. The molecule has 15 aromatic rings. The average molecular weight is 1180 g/mol. The van der Waals surface area contributed by atoms with Crippen LogP contribution in [0.3, 0.4) is 0 Å². The Bertz CT molecular complexity index is 5230. The van der Waals surface area contributed by atoms with Crippen molar-refractivity contribution in [3.05, 3.63) is 271 Å². The summed E-state index contributed by atoms with van der Waals surface area (Å²) in [6, 6.07) is 97.4. The Hall–Kier alpha value is -9.88. The molecular weight excluding hydrogens is 1110 g/mol. The van der Waals surface area contributed by atoms with Crippen LogP contribution < -0.4 is 26.2 Å². The Morgan fingerprint density at radius 2 is 0.800 bits per heavy atom. The molecule has 0 fully saturated rings. The number of para-hydroxylation sites is 4. The van der Waals surface area contributed by atoms with Crippen LogP contribution in [0.15, 0.2) is 255 Å². The maximum absolute atomic E-state index is 2.78. The molecule has 0 unspecified atom stereocenters. The third-order valence-corrected chi connectivity index (χ3v) is 20.7. The largest absolute Gasteiger partial charge is 0.310 e. The molecule has 2 aliphatic rings. The summed E-state index contributed by atoms with van der Waals surface area (Å²) in [5.41, 5.74) is 26.4. The zero-order valence-corrected chi connectivity index (χ0v) is 53.0. The molecule has 5 heterocycles. The van der Waals surface area contributed by atoms with E-state index in [4.69, 9.17) is 0 Å². The number of rotatable bonds is 9. The van der Waals surface area contributed by atoms with E-state index in [0.29, 0.717) is 0 Å². The summed E-state index contributed by atoms with van der Waals surface area (Å²) in [5, 5.41) is 7.63. The van der Waals surface area contributed by atoms with Gasteiger partial charge in [-0.3, -0.25) is 0 Å². The van der Waals surface area contributed by atoms with Crippen LogP contribution in [-0.4, -0.2) is 15.8 Å². The molecule has 6 heteroatoms. The second-order valence-electron chi connectivity index (χ2n) is 27.1. The van der Waals surface area contributed by atoms with E-state index in [0.717, 1.165) is 30.6 Å². The van der Waals surface area contributed by atoms with Gasteiger partial charge in [-0.15, -0.1) is 11.3 Å². The Morgan fingerprint density at radius 3 is 1.27 bits per heavy atom. The summed E-state index contributed by atoms with van der Waals surface area (Å²) >= 11 is 1.92. The van der Waals surface area contributed by atoms with Crippen molar-refractivity contribution in [1.29, 1.82) is 0 Å². The number of aryl methyl sites for hydroxylation is 1. The van der Waals surface area contributed by atoms with Gasteiger partial charge >= 0.3 is 0 Å². The molecule has 3 aromatic heterocycles. The van der Waals surface area contributed by atoms with Crippen LogP contribution in [0.4, 0.5) is 34.1 Å². The first-order valence-corrected chi connectivity index (χ1v) is 33.0. The van der Waals surface area contributed by atoms with E-state index >= 15 is 0 Å². The maximum atomic E-state index is 2.78. The minimum absolute atomic E-state index is 0.157. The van der Waals surface area contributed by atoms with Crippen LogP contribution in [0.5, 0.6) is 0 Å². The summed E-state index contributed by atoms with van der Waals surface area (Å²) < 4.78 is 7.63. The van der Waals surface area contributed by atoms with Crippen molar-refractivity contribution in [2.75, 3.05) is 9.80 Å². The fraction of sp³-hybridized carbons (Fsp3) is 0.143. The van der Waals surface area contributed by atoms with Gasteiger partial charge in [-0.05, 0) is 153 Å². The molecule has 12 aromatic carbocycles. The van der Waals surface area contributed by atoms with Crippen molar-refractivity contribution in [3.63, 3.8) is 0 Å². The third-order valence-electron chi connectivity index (χ3n) is 19.6. The van der Waals surface area contributed by atoms with Crippen molar-refractivity contribution < 1.29 is 0 Å². The van der Waals surface area contributed by atoms with E-state index in [-0.39, 0.29) is 17.5 Å². The lowest BCUT2D eigenvalue weighted by Crippen LogP contribution is -2.61. The van der Waals surface area contributed by atoms with Gasteiger partial charge in [0.25, 0.3) is 6.71 Å². The molecule has 0 amide bonds. The lowest BCUT2D eigenvalue weighted by atomic mass is 9.33. The number of aromatic nitrogens is 2. The topological polar surface area (TPSA) is 16.3 Å². The van der Waals surface area contributed by atoms with Gasteiger partial charge in [0.1, 0.15) is 0 Å². The highest BCUT2D eigenvalue weighted by molar-refractivity contribution is 7.26. The Labute approximate surface area is 531 Å². The maximum Gasteiger partial charge on any atom is 0.252 e. The first-order chi connectivity index (χ1) is 43.9. The van der Waals surface area contributed by atoms with Crippen molar-refractivity contribution in [2.45, 2.75) is 78.6 Å². The van der Waals surface area contributed by atoms with Gasteiger partial charge in [0.2, 0.25) is 0 Å². The molecule has 90 heavy (non-hydrogen) atoms. The van der Waals surface area contributed by atoms with E-state index < -0.39 is 0 Å². The lowest BCUT2D eigenvalue weighted by molar-refractivity contribution is 0.590. The number of unbranched alkanes of at least 4 members (excludes halogenated alkanes) is 1. The Kier molecular flexibility index (Phi) is 12.4. The molecule has 0 atom stereocenters. The van der Waals surface area contributed by atoms with Gasteiger partial charge in [-0.25, -0.2) is 0 Å². The number of benzene rings is 12. The van der Waals surface area contributed by atoms with Crippen LogP contribution >= 0.6 is 11.3 Å². The van der Waals surface area contributed by atoms with Gasteiger partial charge < -0.3 is 18.9 Å². The van der Waals surface area contributed by atoms with Crippen molar-refractivity contribution in [1.82, 2.24) is 9.13 Å². The quantitative estimate of drug-likeness (QED) is 0.134. The molecular formula is C84H69BN4S. The van der Waals surface area contributed by atoms with Crippen LogP contribution in [0, 0.1) is 0 Å². The van der Waals surface area contributed by atoms with Crippen molar-refractivity contribution in [3.8, 4) is 33.6 Å². The molecule has 0 saturated carbocycles. The normalized spacial score (nSPS) is 13.1. The standard InChI is InChI=1S/C84H69BN4S/c1-8-9-26-55-41-46-78-79(64-35-20-25-40-77(64)90-78)81(55)88-73-51-58(86-69-36-21-16-31-60(69)61-32-17-22-37-70(61)86)42-44-67(73)85-68-45-43-59(87-71-38-23-18-33-62(71)63-34-19-24-39-72(63)87)52-74(68)89(76-50-57(84(5,6)7)49-75(88)80(76)85)82-65(53-27-12-10-13-28-53)47-56(83(2,3)4)48-66(82)54-29-14-11-15-30-54/h10-25,27-52H,8-9,26H2,1-7H3. The highest BCUT2D eigenvalue weighted by Crippen LogP contribution is 2.55. The van der Waals surface area contributed by atoms with E-state index in [1.54, 1.807) is 0 Å². The molecule has 17 rings (SSSR count). The molecule has 0 spiro atoms. The third kappa shape index (κ3) is 8.33. The number of hydrogen-bond acceptors (Lipinski definition) is 3. The monoisotopic (exact) mass is 1180 g/mol. The molecule has 0 radical (unpaired) electrons. The first kappa shape index (κ1) is 54.3. The number of anilines is 6. The van der Waals surface area contributed by atoms with E-state index in [1.807, 2.05) is 11.3 Å². The van der Waals surface area contributed by atoms with Gasteiger partial charge in [-0.2, -0.15) is 0 Å². The predicted octanol–water partition coefficient (Wildman–Crippen LogP) is 21.6. The zero-order valence-electron chi connectivity index (χ0n) is 52.1. The highest BCUT2D eigenvalue weighted by atomic mass is 32.1. The number of fused-ring (bicyclic) bond motifs is 13. The second-order valence-corrected chi connectivity index (χ2v) is 28.1. The minimum Gasteiger partial charge on any atom is -0.310 e. The SMILES string of the molecule is CCCCc1ccc2sc3ccccc3c2c1N1c2cc(-n3c4ccccc4c4ccccc43)ccc2B2c3ccc(-n4c5ccccc5c5ccccc54)cc3N(c3c(-c4ccccc4)cc(C(C)(C)C)cc3-c3ccccc3)c3cc(C(C)(C)C)cc1c32. The van der Waals surface area contributed by atoms with Crippen LogP contribution in [0.25, 0.3) is 97.4 Å². The first-order valence-electron chi connectivity index (χ1n) is 32.2. The second kappa shape index (κ2) is 20.6. The van der Waals surface area contributed by atoms with Gasteiger partial charge in [0.05, 0.1) is 33.4 Å². The molecule has 0 saturated heterocycles. The summed E-state index contributed by atoms with van der Waals surface area (Å²) in [6.07, 6.45) is 3.13. The summed E-state index contributed by atoms with van der Waals surface area (Å²) in [5.74, 6) is 0. The average Bonchev–Trinajstić information content (AvgIpc) is 0.900. The smallest absolute Gasteiger partial charge is 0.252 e. The Morgan fingerprint density at radius 1 is 0.378 bits per heavy atom. The van der Waals surface area contributed by atoms with E-state index in [9.17, 15) is 0 Å². The predicted molar refractivity (Wildman–Crippen MR) is 389 cm³/mol. The number of thiophene rings is 1. The summed E-state index contributed by atoms with van der Waals surface area (Å²) in [6.45, 7) is 16.5. The minimum atomic E-state index is -0.263. The Balaban J connectivity index is 1.06. The van der Waals surface area contributed by atoms with E-state index in [1.165, 1.54) is 153 Å². The van der Waals surface area contributed by atoms with Gasteiger partial charge in [0, 0.05) is 87.0 Å². The zero-order chi connectivity index (χ0) is 60.7. The van der Waals surface area contributed by atoms with Crippen molar-refractivity contribution >= 4 is 132 Å². The highest BCUT2D eigenvalue weighted by Gasteiger charge is 2.46. The molecule has 0 bridgehead atoms. The fourth-order valence-electron chi connectivity index (χ4n) is 15.2. The summed E-state index contributed by atoms with van der Waals surface area (Å²) in [7, 11) is 0. The van der Waals surface area contributed by atoms with E-state index in [2.05, 4.69) is 322 Å². The van der Waals surface area contributed by atoms with Crippen LogP contribution in [-0.2, 0) is 17.3 Å². The lowest BCUT2D eigenvalue weighted by Gasteiger charge is -2.46. The molecule has 4 nitrogen and oxygen atoms in total. The molecule has 0 N–H and O–H groups in total. The molecule has 434 valence electrons. The van der Waals surface area contributed by atoms with Gasteiger partial charge in [0.15, 0.2) is 0 Å². The van der Waals surface area contributed by atoms with Gasteiger partial charge in [-0.1, -0.05) is 225 Å². The summed E-state index contributed by atoms with van der Waals surface area (Å²) in [4.78, 5) is 5.51.